The van der Waals surface area contributed by atoms with E-state index in [1.165, 1.54) is 18.1 Å². The number of esters is 1. The average molecular weight is 476 g/mol. The van der Waals surface area contributed by atoms with E-state index in [1.807, 2.05) is 30.3 Å². The van der Waals surface area contributed by atoms with Gasteiger partial charge in [0.2, 0.25) is 0 Å². The van der Waals surface area contributed by atoms with Gasteiger partial charge in [-0.3, -0.25) is 4.79 Å². The lowest BCUT2D eigenvalue weighted by Gasteiger charge is -2.28. The highest BCUT2D eigenvalue weighted by molar-refractivity contribution is 5.84. The number of carbonyl (C=O) groups excluding carboxylic acids is 1. The highest BCUT2D eigenvalue weighted by Gasteiger charge is 2.27. The average Bonchev–Trinajstić information content (AvgIpc) is 2.91. The molecule has 1 aliphatic heterocycles. The molecule has 0 spiro atoms. The van der Waals surface area contributed by atoms with E-state index in [0.29, 0.717) is 11.5 Å². The summed E-state index contributed by atoms with van der Waals surface area (Å²) < 4.78 is 22.4. The highest BCUT2D eigenvalue weighted by atomic mass is 16.6. The minimum absolute atomic E-state index is 0.232. The number of benzene rings is 3. The minimum Gasteiger partial charge on any atom is -0.497 e. The highest BCUT2D eigenvalue weighted by Crippen LogP contribution is 2.44. The molecule has 0 saturated carbocycles. The monoisotopic (exact) mass is 475 g/mol. The quantitative estimate of drug-likeness (QED) is 0.372. The Morgan fingerprint density at radius 1 is 0.943 bits per heavy atom. The molecule has 6 heteroatoms. The Hall–Kier alpha value is -3.51. The molecule has 0 saturated heterocycles. The molecule has 0 aromatic heterocycles. The Labute approximate surface area is 207 Å². The van der Waals surface area contributed by atoms with Gasteiger partial charge in [-0.1, -0.05) is 24.3 Å². The van der Waals surface area contributed by atoms with Crippen molar-refractivity contribution in [2.75, 3.05) is 34.9 Å². The van der Waals surface area contributed by atoms with Crippen LogP contribution in [0.2, 0.25) is 0 Å². The number of likely N-dealkylation sites (N-methyl/N-ethyl adjacent to an activating group) is 1. The lowest BCUT2D eigenvalue weighted by molar-refractivity contribution is -0.131. The van der Waals surface area contributed by atoms with Gasteiger partial charge >= 0.3 is 5.97 Å². The van der Waals surface area contributed by atoms with Crippen LogP contribution in [0.5, 0.6) is 23.0 Å². The van der Waals surface area contributed by atoms with E-state index in [1.54, 1.807) is 21.3 Å². The second kappa shape index (κ2) is 10.8. The van der Waals surface area contributed by atoms with Crippen LogP contribution in [0.15, 0.2) is 54.6 Å². The summed E-state index contributed by atoms with van der Waals surface area (Å²) in [5.74, 6) is 2.22. The SMILES string of the molecule is COc1cccc(CC2Cc3ccc(OC)c(OC(C)=O)c3-c3cc(OC)ccc3CCN2C)c1. The molecule has 1 atom stereocenters. The second-order valence-electron chi connectivity index (χ2n) is 8.89. The predicted molar refractivity (Wildman–Crippen MR) is 137 cm³/mol. The Bertz CT molecular complexity index is 1210. The number of nitrogens with zero attached hydrogens (tertiary/aromatic N) is 1. The van der Waals surface area contributed by atoms with Crippen LogP contribution in [0, 0.1) is 0 Å². The van der Waals surface area contributed by atoms with Crippen molar-refractivity contribution in [1.29, 1.82) is 0 Å². The third-order valence-corrected chi connectivity index (χ3v) is 6.68. The summed E-state index contributed by atoms with van der Waals surface area (Å²) >= 11 is 0. The number of hydrogen-bond donors (Lipinski definition) is 0. The fraction of sp³-hybridized carbons (Fsp3) is 0.345. The van der Waals surface area contributed by atoms with Crippen LogP contribution < -0.4 is 18.9 Å². The molecule has 0 fully saturated rings. The van der Waals surface area contributed by atoms with E-state index in [9.17, 15) is 4.79 Å². The van der Waals surface area contributed by atoms with E-state index >= 15 is 0 Å². The molecule has 4 rings (SSSR count). The molecule has 0 bridgehead atoms. The van der Waals surface area contributed by atoms with Crippen molar-refractivity contribution in [3.8, 4) is 34.1 Å². The number of hydrogen-bond acceptors (Lipinski definition) is 6. The summed E-state index contributed by atoms with van der Waals surface area (Å²) in [4.78, 5) is 14.5. The summed E-state index contributed by atoms with van der Waals surface area (Å²) in [6.07, 6.45) is 2.49. The maximum Gasteiger partial charge on any atom is 0.308 e. The second-order valence-corrected chi connectivity index (χ2v) is 8.89. The Kier molecular flexibility index (Phi) is 7.61. The standard InChI is InChI=1S/C29H33NO5/c1-19(31)35-29-27(34-5)12-10-22-17-23(15-20-7-6-8-24(16-20)32-3)30(2)14-13-21-9-11-25(33-4)18-26(21)28(22)29/h6-12,16,18,23H,13-15,17H2,1-5H3. The van der Waals surface area contributed by atoms with E-state index in [0.717, 1.165) is 54.0 Å². The Morgan fingerprint density at radius 3 is 2.40 bits per heavy atom. The Balaban J connectivity index is 1.87. The maximum absolute atomic E-state index is 12.1. The zero-order valence-electron chi connectivity index (χ0n) is 21.1. The molecule has 6 nitrogen and oxygen atoms in total. The van der Waals surface area contributed by atoms with Gasteiger partial charge in [0.15, 0.2) is 11.5 Å². The van der Waals surface area contributed by atoms with Crippen molar-refractivity contribution in [2.24, 2.45) is 0 Å². The molecule has 3 aromatic rings. The van der Waals surface area contributed by atoms with Gasteiger partial charge in [-0.05, 0) is 78.9 Å². The number of ether oxygens (including phenoxy) is 4. The van der Waals surface area contributed by atoms with Crippen LogP contribution in [-0.4, -0.2) is 51.8 Å². The molecule has 35 heavy (non-hydrogen) atoms. The van der Waals surface area contributed by atoms with Crippen molar-refractivity contribution in [3.05, 3.63) is 71.3 Å². The van der Waals surface area contributed by atoms with Crippen molar-refractivity contribution in [2.45, 2.75) is 32.2 Å². The molecule has 0 radical (unpaired) electrons. The third-order valence-electron chi connectivity index (χ3n) is 6.68. The fourth-order valence-electron chi connectivity index (χ4n) is 4.80. The Morgan fingerprint density at radius 2 is 1.69 bits per heavy atom. The van der Waals surface area contributed by atoms with Gasteiger partial charge in [-0.25, -0.2) is 0 Å². The summed E-state index contributed by atoms with van der Waals surface area (Å²) in [6, 6.07) is 18.6. The summed E-state index contributed by atoms with van der Waals surface area (Å²) in [5, 5.41) is 0. The van der Waals surface area contributed by atoms with Crippen molar-refractivity contribution in [3.63, 3.8) is 0 Å². The van der Waals surface area contributed by atoms with E-state index in [4.69, 9.17) is 18.9 Å². The number of carbonyl (C=O) groups is 1. The van der Waals surface area contributed by atoms with Gasteiger partial charge in [0.25, 0.3) is 0 Å². The van der Waals surface area contributed by atoms with E-state index < -0.39 is 0 Å². The zero-order valence-corrected chi connectivity index (χ0v) is 21.1. The molecule has 0 aliphatic carbocycles. The van der Waals surface area contributed by atoms with Gasteiger partial charge in [-0.15, -0.1) is 0 Å². The largest absolute Gasteiger partial charge is 0.497 e. The molecule has 1 heterocycles. The van der Waals surface area contributed by atoms with Gasteiger partial charge in [0.1, 0.15) is 11.5 Å². The van der Waals surface area contributed by atoms with Crippen LogP contribution >= 0.6 is 0 Å². The smallest absolute Gasteiger partial charge is 0.308 e. The van der Waals surface area contributed by atoms with Crippen molar-refractivity contribution < 1.29 is 23.7 Å². The molecule has 184 valence electrons. The van der Waals surface area contributed by atoms with Crippen molar-refractivity contribution >= 4 is 5.97 Å². The first-order valence-electron chi connectivity index (χ1n) is 11.8. The summed E-state index contributed by atoms with van der Waals surface area (Å²) in [5.41, 5.74) is 5.38. The molecule has 0 amide bonds. The van der Waals surface area contributed by atoms with Gasteiger partial charge in [0.05, 0.1) is 21.3 Å². The maximum atomic E-state index is 12.1. The normalized spacial score (nSPS) is 15.6. The van der Waals surface area contributed by atoms with Crippen LogP contribution in [0.3, 0.4) is 0 Å². The third kappa shape index (κ3) is 5.43. The molecular formula is C29H33NO5. The van der Waals surface area contributed by atoms with Crippen LogP contribution in [0.4, 0.5) is 0 Å². The van der Waals surface area contributed by atoms with Crippen LogP contribution in [-0.2, 0) is 24.1 Å². The zero-order chi connectivity index (χ0) is 24.9. The lowest BCUT2D eigenvalue weighted by Crippen LogP contribution is -2.36. The molecule has 1 unspecified atom stereocenters. The molecular weight excluding hydrogens is 442 g/mol. The predicted octanol–water partition coefficient (Wildman–Crippen LogP) is 4.95. The number of rotatable bonds is 6. The summed E-state index contributed by atoms with van der Waals surface area (Å²) in [6.45, 7) is 2.31. The molecule has 0 N–H and O–H groups in total. The molecule has 3 aromatic carbocycles. The molecule has 1 aliphatic rings. The number of methoxy groups -OCH3 is 3. The first kappa shape index (κ1) is 24.6. The lowest BCUT2D eigenvalue weighted by atomic mass is 9.89. The van der Waals surface area contributed by atoms with Gasteiger partial charge < -0.3 is 23.8 Å². The topological polar surface area (TPSA) is 57.2 Å². The fourth-order valence-corrected chi connectivity index (χ4v) is 4.80. The number of fused-ring (bicyclic) bond motifs is 3. The van der Waals surface area contributed by atoms with Gasteiger partial charge in [0, 0.05) is 25.1 Å². The van der Waals surface area contributed by atoms with E-state index in [-0.39, 0.29) is 12.0 Å². The van der Waals surface area contributed by atoms with Gasteiger partial charge in [-0.2, -0.15) is 0 Å². The summed E-state index contributed by atoms with van der Waals surface area (Å²) in [7, 11) is 7.12. The van der Waals surface area contributed by atoms with Crippen molar-refractivity contribution in [1.82, 2.24) is 4.90 Å². The minimum atomic E-state index is -0.383. The van der Waals surface area contributed by atoms with Crippen LogP contribution in [0.1, 0.15) is 23.6 Å². The van der Waals surface area contributed by atoms with Crippen LogP contribution in [0.25, 0.3) is 11.1 Å². The van der Waals surface area contributed by atoms with E-state index in [2.05, 4.69) is 36.2 Å². The first-order valence-corrected chi connectivity index (χ1v) is 11.8. The first-order chi connectivity index (χ1) is 16.9.